The molecule has 2 aromatic carbocycles. The van der Waals surface area contributed by atoms with E-state index in [1.165, 1.54) is 0 Å². The monoisotopic (exact) mass is 894 g/mol. The Morgan fingerprint density at radius 3 is 0.900 bits per heavy atom. The van der Waals surface area contributed by atoms with Crippen molar-refractivity contribution in [3.05, 3.63) is 67.8 Å². The molecule has 0 fully saturated rings. The summed E-state index contributed by atoms with van der Waals surface area (Å²) in [6.07, 6.45) is -7.89. The Morgan fingerprint density at radius 1 is 0.440 bits per heavy atom. The summed E-state index contributed by atoms with van der Waals surface area (Å²) < 4.78 is 248. The zero-order chi connectivity index (χ0) is 40.2. The van der Waals surface area contributed by atoms with E-state index in [0.29, 0.717) is 0 Å². The van der Waals surface area contributed by atoms with Gasteiger partial charge in [0.1, 0.15) is 0 Å². The van der Waals surface area contributed by atoms with Gasteiger partial charge < -0.3 is 4.55 Å². The molecule has 2 aromatic rings. The van der Waals surface area contributed by atoms with Crippen molar-refractivity contribution in [2.75, 3.05) is 0 Å². The fourth-order valence-electron chi connectivity index (χ4n) is 4.80. The molecule has 0 amide bonds. The van der Waals surface area contributed by atoms with E-state index in [-0.39, 0.29) is 6.84 Å². The largest absolute Gasteiger partial charge is 0.743 e. The fraction of sp³-hybridized carbons (Fsp3) is 0.571. The molecule has 0 heterocycles. The van der Waals surface area contributed by atoms with Crippen molar-refractivity contribution < 1.29 is 106 Å². The first kappa shape index (κ1) is 45.9. The molecule has 3 nitrogen and oxygen atoms in total. The van der Waals surface area contributed by atoms with Crippen LogP contribution in [0.25, 0.3) is 0 Å². The molecule has 50 heavy (non-hydrogen) atoms. The van der Waals surface area contributed by atoms with Crippen molar-refractivity contribution in [3.63, 3.8) is 0 Å². The second kappa shape index (κ2) is 13.4. The first-order chi connectivity index (χ1) is 21.7. The molecule has 0 N–H and O–H groups in total. The number of hydrogen-bond donors (Lipinski definition) is 0. The number of hydrogen-bond acceptors (Lipinski definition) is 3. The van der Waals surface area contributed by atoms with Gasteiger partial charge in [0, 0.05) is 0 Å². The smallest absolute Gasteiger partial charge is 0.460 e. The standard InChI is InChI=1S/C20H28I.C8HF17O3S/c1-19(2,3)21(20(4,5)6,17-13-9-7-10-14-17)18-15-11-8-12-16-18;9-1(10,3(13,14)5(17,18)7(21,22)23)2(11,12)4(15,16)6(19,20)8(24,25)29(26,27)28/h7-16H,1-6H3;(H,26,27,28)/q+1;/p-1. The third-order valence-electron chi connectivity index (χ3n) is 6.83. The van der Waals surface area contributed by atoms with Crippen LogP contribution in [0.4, 0.5) is 74.6 Å². The SMILES string of the molecule is CC(C)(C)[I+](c1ccccc1)(c1ccccc1)C(C)(C)C.O=S(=O)([O-])C(F)(F)C(F)(F)C(F)(F)C(F)(F)C(F)(F)C(F)(F)C(F)(F)C(F)(F)F. The molecule has 0 bridgehead atoms. The van der Waals surface area contributed by atoms with E-state index in [9.17, 15) is 87.6 Å². The Bertz CT molecular complexity index is 1510. The third-order valence-corrected chi connectivity index (χ3v) is 22.6. The molecule has 290 valence electrons. The van der Waals surface area contributed by atoms with Crippen LogP contribution >= 0.6 is 0 Å². The Kier molecular flexibility index (Phi) is 12.3. The van der Waals surface area contributed by atoms with E-state index in [2.05, 4.69) is 102 Å². The molecular formula is C28H28F17IO3S. The zero-order valence-electron chi connectivity index (χ0n) is 26.2. The zero-order valence-corrected chi connectivity index (χ0v) is 29.2. The minimum atomic E-state index is -8.92. The summed E-state index contributed by atoms with van der Waals surface area (Å²) in [4.78, 5) is 0. The van der Waals surface area contributed by atoms with Crippen molar-refractivity contribution in [2.45, 2.75) is 95.4 Å². The maximum atomic E-state index is 13.0. The van der Waals surface area contributed by atoms with Crippen molar-refractivity contribution in [3.8, 4) is 0 Å². The van der Waals surface area contributed by atoms with Gasteiger partial charge in [0.15, 0.2) is 10.1 Å². The number of alkyl halides is 19. The maximum Gasteiger partial charge on any atom is 0.460 e. The molecule has 2 rings (SSSR count). The predicted molar refractivity (Wildman–Crippen MR) is 140 cm³/mol. The minimum Gasteiger partial charge on any atom is -0.743 e. The second-order valence-electron chi connectivity index (χ2n) is 12.2. The van der Waals surface area contributed by atoms with Gasteiger partial charge in [0.05, 0.1) is 0 Å². The Balaban J connectivity index is 0.000000523. The second-order valence-corrected chi connectivity index (χ2v) is 25.8. The van der Waals surface area contributed by atoms with Crippen molar-refractivity contribution in [1.82, 2.24) is 0 Å². The Morgan fingerprint density at radius 2 is 0.680 bits per heavy atom. The van der Waals surface area contributed by atoms with Crippen LogP contribution < -0.4 is 18.4 Å². The van der Waals surface area contributed by atoms with E-state index in [1.807, 2.05) is 0 Å². The summed E-state index contributed by atoms with van der Waals surface area (Å²) in [5.74, 6) is -52.1. The maximum absolute atomic E-state index is 13.0. The van der Waals surface area contributed by atoms with E-state index >= 15 is 0 Å². The molecule has 0 atom stereocenters. The van der Waals surface area contributed by atoms with Crippen LogP contribution in [0.5, 0.6) is 0 Å². The average molecular weight is 894 g/mol. The molecule has 0 unspecified atom stereocenters. The molecule has 0 aliphatic carbocycles. The first-order valence-electron chi connectivity index (χ1n) is 13.2. The van der Waals surface area contributed by atoms with Crippen LogP contribution in [-0.2, 0) is 10.1 Å². The van der Waals surface area contributed by atoms with Crippen molar-refractivity contribution in [2.24, 2.45) is 0 Å². The summed E-state index contributed by atoms with van der Waals surface area (Å²) in [6, 6.07) is 22.5. The molecule has 0 saturated carbocycles. The quantitative estimate of drug-likeness (QED) is 0.118. The van der Waals surface area contributed by atoms with Gasteiger partial charge >= 0.3 is 182 Å². The topological polar surface area (TPSA) is 57.2 Å². The van der Waals surface area contributed by atoms with E-state index in [0.717, 1.165) is 0 Å². The number of rotatable bonds is 9. The van der Waals surface area contributed by atoms with Gasteiger partial charge in [-0.2, -0.15) is 74.6 Å². The number of halogens is 18. The summed E-state index contributed by atoms with van der Waals surface area (Å²) >= 11 is -2.52. The normalized spacial score (nSPS) is 15.7. The Labute approximate surface area is 278 Å². The van der Waals surface area contributed by atoms with Crippen molar-refractivity contribution >= 4 is 10.1 Å². The number of benzene rings is 2. The third kappa shape index (κ3) is 6.89. The van der Waals surface area contributed by atoms with Gasteiger partial charge in [-0.15, -0.1) is 0 Å². The summed E-state index contributed by atoms with van der Waals surface area (Å²) in [6.45, 7) is 14.6. The van der Waals surface area contributed by atoms with Crippen LogP contribution in [-0.4, -0.2) is 66.8 Å². The van der Waals surface area contributed by atoms with Gasteiger partial charge in [-0.05, 0) is 0 Å². The predicted octanol–water partition coefficient (Wildman–Crippen LogP) is 6.98. The van der Waals surface area contributed by atoms with Gasteiger partial charge in [-0.1, -0.05) is 0 Å². The van der Waals surface area contributed by atoms with Crippen LogP contribution in [0.15, 0.2) is 60.7 Å². The minimum absolute atomic E-state index is 0.285. The van der Waals surface area contributed by atoms with Crippen LogP contribution in [0, 0.1) is 7.14 Å². The average Bonchev–Trinajstić information content (AvgIpc) is 2.91. The molecule has 0 aliphatic rings. The molecular weight excluding hydrogens is 866 g/mol. The summed E-state index contributed by atoms with van der Waals surface area (Å²) in [5.41, 5.74) is 0. The molecule has 0 saturated heterocycles. The van der Waals surface area contributed by atoms with Crippen LogP contribution in [0.2, 0.25) is 0 Å². The van der Waals surface area contributed by atoms with Crippen LogP contribution in [0.1, 0.15) is 41.5 Å². The van der Waals surface area contributed by atoms with Crippen molar-refractivity contribution in [1.29, 1.82) is 0 Å². The molecule has 0 radical (unpaired) electrons. The van der Waals surface area contributed by atoms with Gasteiger partial charge in [0.2, 0.25) is 0 Å². The van der Waals surface area contributed by atoms with Gasteiger partial charge in [-0.25, -0.2) is 8.42 Å². The molecule has 22 heteroatoms. The van der Waals surface area contributed by atoms with E-state index < -0.39 is 75.5 Å². The Hall–Kier alpha value is -2.11. The van der Waals surface area contributed by atoms with E-state index in [4.69, 9.17) is 0 Å². The fourth-order valence-corrected chi connectivity index (χ4v) is 21.3. The molecule has 0 aliphatic heterocycles. The summed E-state index contributed by atoms with van der Waals surface area (Å²) in [7, 11) is -8.14. The first-order valence-corrected chi connectivity index (χ1v) is 19.0. The molecule has 0 spiro atoms. The van der Waals surface area contributed by atoms with Crippen LogP contribution in [0.3, 0.4) is 0 Å². The molecule has 0 aromatic heterocycles. The van der Waals surface area contributed by atoms with Gasteiger partial charge in [0.25, 0.3) is 0 Å². The van der Waals surface area contributed by atoms with Gasteiger partial charge in [-0.3, -0.25) is 0 Å². The van der Waals surface area contributed by atoms with E-state index in [1.54, 1.807) is 7.14 Å². The summed E-state index contributed by atoms with van der Waals surface area (Å²) in [5, 5.41) is -7.95.